The van der Waals surface area contributed by atoms with Crippen molar-refractivity contribution in [1.29, 1.82) is 0 Å². The van der Waals surface area contributed by atoms with E-state index in [1.54, 1.807) is 0 Å². The van der Waals surface area contributed by atoms with E-state index >= 15 is 0 Å². The Morgan fingerprint density at radius 2 is 1.77 bits per heavy atom. The fraction of sp³-hybridized carbons (Fsp3) is 0.556. The second kappa shape index (κ2) is 3.60. The number of hydrogen-bond acceptors (Lipinski definition) is 2. The summed E-state index contributed by atoms with van der Waals surface area (Å²) in [5.41, 5.74) is 0.401. The first-order chi connectivity index (χ1) is 6.02. The van der Waals surface area contributed by atoms with Crippen LogP contribution in [-0.4, -0.2) is 23.0 Å². The summed E-state index contributed by atoms with van der Waals surface area (Å²) in [6.45, 7) is 2.96. The minimum absolute atomic E-state index is 0.109. The SMILES string of the molecule is CC(C(=O)O)=C(C)C(=O)NC1CC1. The van der Waals surface area contributed by atoms with Crippen molar-refractivity contribution in [3.05, 3.63) is 11.1 Å². The van der Waals surface area contributed by atoms with Gasteiger partial charge in [-0.1, -0.05) is 0 Å². The minimum Gasteiger partial charge on any atom is -0.478 e. The summed E-state index contributed by atoms with van der Waals surface area (Å²) >= 11 is 0. The number of aliphatic carboxylic acids is 1. The molecular weight excluding hydrogens is 170 g/mol. The first-order valence-electron chi connectivity index (χ1n) is 4.24. The van der Waals surface area contributed by atoms with Gasteiger partial charge in [0.05, 0.1) is 0 Å². The molecule has 1 aliphatic carbocycles. The van der Waals surface area contributed by atoms with Crippen LogP contribution in [0.4, 0.5) is 0 Å². The summed E-state index contributed by atoms with van der Waals surface area (Å²) < 4.78 is 0. The Bertz CT molecular complexity index is 277. The zero-order valence-corrected chi connectivity index (χ0v) is 7.76. The van der Waals surface area contributed by atoms with E-state index < -0.39 is 5.97 Å². The van der Waals surface area contributed by atoms with Crippen molar-refractivity contribution in [2.24, 2.45) is 0 Å². The Balaban J connectivity index is 2.62. The molecule has 1 saturated carbocycles. The predicted octanol–water partition coefficient (Wildman–Crippen LogP) is 0.686. The fourth-order valence-electron chi connectivity index (χ4n) is 0.852. The number of hydrogen-bond donors (Lipinski definition) is 2. The molecule has 0 unspecified atom stereocenters. The molecule has 2 N–H and O–H groups in total. The van der Waals surface area contributed by atoms with Crippen molar-refractivity contribution in [3.8, 4) is 0 Å². The highest BCUT2D eigenvalue weighted by Crippen LogP contribution is 2.19. The molecule has 1 fully saturated rings. The number of amides is 1. The molecule has 0 heterocycles. The average Bonchev–Trinajstić information content (AvgIpc) is 2.85. The van der Waals surface area contributed by atoms with E-state index in [0.717, 1.165) is 12.8 Å². The van der Waals surface area contributed by atoms with Gasteiger partial charge in [0.25, 0.3) is 0 Å². The van der Waals surface area contributed by atoms with E-state index in [1.807, 2.05) is 0 Å². The Morgan fingerprint density at radius 1 is 1.23 bits per heavy atom. The first kappa shape index (κ1) is 9.77. The van der Waals surface area contributed by atoms with Crippen LogP contribution in [0.2, 0.25) is 0 Å². The summed E-state index contributed by atoms with van der Waals surface area (Å²) in [5.74, 6) is -1.30. The number of rotatable bonds is 3. The quantitative estimate of drug-likeness (QED) is 0.632. The van der Waals surface area contributed by atoms with E-state index in [9.17, 15) is 9.59 Å². The summed E-state index contributed by atoms with van der Waals surface area (Å²) in [6.07, 6.45) is 2.01. The van der Waals surface area contributed by atoms with Crippen LogP contribution >= 0.6 is 0 Å². The molecule has 0 aromatic rings. The lowest BCUT2D eigenvalue weighted by molar-refractivity contribution is -0.133. The van der Waals surface area contributed by atoms with Gasteiger partial charge in [0, 0.05) is 17.2 Å². The van der Waals surface area contributed by atoms with E-state index in [4.69, 9.17) is 5.11 Å². The van der Waals surface area contributed by atoms with Crippen molar-refractivity contribution >= 4 is 11.9 Å². The third-order valence-corrected chi connectivity index (χ3v) is 2.14. The van der Waals surface area contributed by atoms with Crippen molar-refractivity contribution in [3.63, 3.8) is 0 Å². The fourth-order valence-corrected chi connectivity index (χ4v) is 0.852. The molecule has 1 aliphatic rings. The minimum atomic E-state index is -1.04. The van der Waals surface area contributed by atoms with Crippen molar-refractivity contribution in [2.75, 3.05) is 0 Å². The molecule has 0 saturated heterocycles. The molecule has 1 rings (SSSR count). The summed E-state index contributed by atoms with van der Waals surface area (Å²) in [6, 6.07) is 0.268. The van der Waals surface area contributed by atoms with Gasteiger partial charge in [0.1, 0.15) is 0 Å². The second-order valence-corrected chi connectivity index (χ2v) is 3.30. The van der Waals surface area contributed by atoms with Gasteiger partial charge in [0.2, 0.25) is 5.91 Å². The Hall–Kier alpha value is -1.32. The van der Waals surface area contributed by atoms with Crippen molar-refractivity contribution < 1.29 is 14.7 Å². The molecule has 0 atom stereocenters. The van der Waals surface area contributed by atoms with Crippen LogP contribution in [0.5, 0.6) is 0 Å². The monoisotopic (exact) mass is 183 g/mol. The number of carboxylic acid groups (broad SMARTS) is 1. The Morgan fingerprint density at radius 3 is 2.15 bits per heavy atom. The molecule has 0 bridgehead atoms. The van der Waals surface area contributed by atoms with Crippen LogP contribution < -0.4 is 5.32 Å². The molecule has 72 valence electrons. The zero-order chi connectivity index (χ0) is 10.0. The maximum atomic E-state index is 11.3. The van der Waals surface area contributed by atoms with Crippen LogP contribution in [0.25, 0.3) is 0 Å². The Kier molecular flexibility index (Phi) is 2.70. The summed E-state index contributed by atoms with van der Waals surface area (Å²) in [5, 5.41) is 11.3. The highest BCUT2D eigenvalue weighted by molar-refractivity contribution is 6.01. The highest BCUT2D eigenvalue weighted by atomic mass is 16.4. The van der Waals surface area contributed by atoms with Gasteiger partial charge < -0.3 is 10.4 Å². The normalized spacial score (nSPS) is 17.7. The van der Waals surface area contributed by atoms with E-state index in [0.29, 0.717) is 5.57 Å². The lowest BCUT2D eigenvalue weighted by Crippen LogP contribution is -2.27. The smallest absolute Gasteiger partial charge is 0.331 e. The molecule has 0 radical (unpaired) electrons. The maximum absolute atomic E-state index is 11.3. The van der Waals surface area contributed by atoms with Crippen LogP contribution in [-0.2, 0) is 9.59 Å². The Labute approximate surface area is 76.6 Å². The molecule has 0 spiro atoms. The summed E-state index contributed by atoms with van der Waals surface area (Å²) in [7, 11) is 0. The topological polar surface area (TPSA) is 66.4 Å². The van der Waals surface area contributed by atoms with Gasteiger partial charge in [-0.25, -0.2) is 4.79 Å². The van der Waals surface area contributed by atoms with Gasteiger partial charge in [-0.2, -0.15) is 0 Å². The van der Waals surface area contributed by atoms with Crippen LogP contribution in [0.1, 0.15) is 26.7 Å². The lowest BCUT2D eigenvalue weighted by Gasteiger charge is -2.04. The molecular formula is C9H13NO3. The van der Waals surface area contributed by atoms with Crippen LogP contribution in [0, 0.1) is 0 Å². The second-order valence-electron chi connectivity index (χ2n) is 3.30. The van der Waals surface area contributed by atoms with Crippen molar-refractivity contribution in [2.45, 2.75) is 32.7 Å². The highest BCUT2D eigenvalue weighted by Gasteiger charge is 2.24. The summed E-state index contributed by atoms with van der Waals surface area (Å²) in [4.78, 5) is 21.8. The van der Waals surface area contributed by atoms with Gasteiger partial charge in [-0.15, -0.1) is 0 Å². The van der Waals surface area contributed by atoms with Gasteiger partial charge in [-0.3, -0.25) is 4.79 Å². The number of carbonyl (C=O) groups excluding carboxylic acids is 1. The van der Waals surface area contributed by atoms with Crippen LogP contribution in [0.15, 0.2) is 11.1 Å². The molecule has 0 aliphatic heterocycles. The lowest BCUT2D eigenvalue weighted by atomic mass is 10.1. The maximum Gasteiger partial charge on any atom is 0.331 e. The zero-order valence-electron chi connectivity index (χ0n) is 7.76. The van der Waals surface area contributed by atoms with Gasteiger partial charge >= 0.3 is 5.97 Å². The van der Waals surface area contributed by atoms with E-state index in [1.165, 1.54) is 13.8 Å². The van der Waals surface area contributed by atoms with Crippen LogP contribution in [0.3, 0.4) is 0 Å². The van der Waals surface area contributed by atoms with E-state index in [-0.39, 0.29) is 17.5 Å². The molecule has 13 heavy (non-hydrogen) atoms. The van der Waals surface area contributed by atoms with E-state index in [2.05, 4.69) is 5.32 Å². The predicted molar refractivity (Wildman–Crippen MR) is 47.2 cm³/mol. The van der Waals surface area contributed by atoms with Gasteiger partial charge in [-0.05, 0) is 26.7 Å². The largest absolute Gasteiger partial charge is 0.478 e. The molecule has 4 heteroatoms. The third-order valence-electron chi connectivity index (χ3n) is 2.14. The average molecular weight is 183 g/mol. The molecule has 0 aromatic heterocycles. The number of carbonyl (C=O) groups is 2. The first-order valence-corrected chi connectivity index (χ1v) is 4.24. The third kappa shape index (κ3) is 2.57. The van der Waals surface area contributed by atoms with Crippen molar-refractivity contribution in [1.82, 2.24) is 5.32 Å². The standard InChI is InChI=1S/C9H13NO3/c1-5(6(2)9(12)13)8(11)10-7-3-4-7/h7H,3-4H2,1-2H3,(H,10,11)(H,12,13). The van der Waals surface area contributed by atoms with Gasteiger partial charge in [0.15, 0.2) is 0 Å². The molecule has 4 nitrogen and oxygen atoms in total. The molecule has 1 amide bonds. The number of nitrogens with one attached hydrogen (secondary N) is 1. The molecule has 0 aromatic carbocycles. The number of carboxylic acids is 1.